The number of amides is 1. The Labute approximate surface area is 208 Å². The first-order valence-corrected chi connectivity index (χ1v) is 13.8. The van der Waals surface area contributed by atoms with Crippen molar-refractivity contribution >= 4 is 37.5 Å². The van der Waals surface area contributed by atoms with Crippen LogP contribution >= 0.6 is 11.3 Å². The standard InChI is InChI=1S/C24H29N3O6S2/c1-3-31-16-13-27-21-10-7-19(33-4-2)17-22(21)34-24(27)25-23(28)18-5-8-20(9-6-18)35(29,30)26-11-14-32-15-12-26/h5-10,17H,3-4,11-16H2,1-2H3. The number of hydrogen-bond acceptors (Lipinski definition) is 7. The largest absolute Gasteiger partial charge is 0.494 e. The number of ether oxygens (including phenoxy) is 3. The van der Waals surface area contributed by atoms with Crippen LogP contribution in [0.25, 0.3) is 10.2 Å². The van der Waals surface area contributed by atoms with Gasteiger partial charge in [-0.05, 0) is 56.3 Å². The number of hydrogen-bond donors (Lipinski definition) is 0. The molecule has 2 aromatic carbocycles. The molecule has 35 heavy (non-hydrogen) atoms. The first-order valence-electron chi connectivity index (χ1n) is 11.5. The third-order valence-corrected chi connectivity index (χ3v) is 8.49. The van der Waals surface area contributed by atoms with Crippen molar-refractivity contribution in [3.63, 3.8) is 0 Å². The van der Waals surface area contributed by atoms with E-state index in [0.717, 1.165) is 16.0 Å². The van der Waals surface area contributed by atoms with Gasteiger partial charge in [0.15, 0.2) is 4.80 Å². The average molecular weight is 520 g/mol. The van der Waals surface area contributed by atoms with Gasteiger partial charge in [-0.25, -0.2) is 8.42 Å². The van der Waals surface area contributed by atoms with Crippen molar-refractivity contribution < 1.29 is 27.4 Å². The number of benzene rings is 2. The van der Waals surface area contributed by atoms with Crippen LogP contribution in [0.15, 0.2) is 52.4 Å². The van der Waals surface area contributed by atoms with Crippen molar-refractivity contribution in [2.75, 3.05) is 46.1 Å². The highest BCUT2D eigenvalue weighted by Gasteiger charge is 2.26. The molecule has 0 aliphatic carbocycles. The van der Waals surface area contributed by atoms with Crippen LogP contribution in [0.1, 0.15) is 24.2 Å². The maximum atomic E-state index is 13.0. The highest BCUT2D eigenvalue weighted by atomic mass is 32.2. The summed E-state index contributed by atoms with van der Waals surface area (Å²) >= 11 is 1.40. The fourth-order valence-corrected chi connectivity index (χ4v) is 6.26. The van der Waals surface area contributed by atoms with E-state index in [1.54, 1.807) is 0 Å². The Bertz CT molecular complexity index is 1340. The molecule has 0 atom stereocenters. The van der Waals surface area contributed by atoms with Crippen molar-refractivity contribution in [1.82, 2.24) is 8.87 Å². The molecule has 0 saturated carbocycles. The second-order valence-electron chi connectivity index (χ2n) is 7.75. The predicted octanol–water partition coefficient (Wildman–Crippen LogP) is 2.90. The van der Waals surface area contributed by atoms with Gasteiger partial charge >= 0.3 is 0 Å². The molecule has 1 aromatic heterocycles. The van der Waals surface area contributed by atoms with E-state index in [0.29, 0.717) is 63.0 Å². The number of morpholine rings is 1. The zero-order chi connectivity index (χ0) is 24.8. The van der Waals surface area contributed by atoms with Gasteiger partial charge in [-0.2, -0.15) is 9.30 Å². The van der Waals surface area contributed by atoms with E-state index in [-0.39, 0.29) is 4.90 Å². The van der Waals surface area contributed by atoms with Crippen molar-refractivity contribution in [3.8, 4) is 5.75 Å². The molecule has 0 radical (unpaired) electrons. The van der Waals surface area contributed by atoms with E-state index in [4.69, 9.17) is 14.2 Å². The zero-order valence-corrected chi connectivity index (χ0v) is 21.4. The molecule has 1 saturated heterocycles. The van der Waals surface area contributed by atoms with Gasteiger partial charge in [0, 0.05) is 31.8 Å². The second-order valence-corrected chi connectivity index (χ2v) is 10.7. The molecule has 1 aliphatic heterocycles. The van der Waals surface area contributed by atoms with E-state index in [1.807, 2.05) is 36.6 Å². The number of carbonyl (C=O) groups is 1. The van der Waals surface area contributed by atoms with Gasteiger partial charge in [-0.15, -0.1) is 0 Å². The Kier molecular flexibility index (Phi) is 8.34. The first-order chi connectivity index (χ1) is 16.9. The van der Waals surface area contributed by atoms with Crippen LogP contribution in [0.3, 0.4) is 0 Å². The van der Waals surface area contributed by atoms with Crippen LogP contribution in [0.4, 0.5) is 0 Å². The molecule has 3 aromatic rings. The minimum atomic E-state index is -3.63. The molecule has 0 N–H and O–H groups in total. The SMILES string of the molecule is CCOCCn1c(=NC(=O)c2ccc(S(=O)(=O)N3CCOCC3)cc2)sc2cc(OCC)ccc21. The van der Waals surface area contributed by atoms with Crippen molar-refractivity contribution in [3.05, 3.63) is 52.8 Å². The molecule has 11 heteroatoms. The van der Waals surface area contributed by atoms with Gasteiger partial charge in [-0.3, -0.25) is 4.79 Å². The summed E-state index contributed by atoms with van der Waals surface area (Å²) in [4.78, 5) is 18.1. The van der Waals surface area contributed by atoms with E-state index >= 15 is 0 Å². The lowest BCUT2D eigenvalue weighted by Gasteiger charge is -2.26. The Morgan fingerprint density at radius 3 is 2.51 bits per heavy atom. The van der Waals surface area contributed by atoms with Crippen molar-refractivity contribution in [1.29, 1.82) is 0 Å². The maximum absolute atomic E-state index is 13.0. The number of sulfonamides is 1. The molecule has 1 fully saturated rings. The van der Waals surface area contributed by atoms with Gasteiger partial charge in [0.2, 0.25) is 10.0 Å². The fraction of sp³-hybridized carbons (Fsp3) is 0.417. The number of carbonyl (C=O) groups excluding carboxylic acids is 1. The summed E-state index contributed by atoms with van der Waals surface area (Å²) in [5.74, 6) is 0.315. The van der Waals surface area contributed by atoms with Crippen molar-refractivity contribution in [2.24, 2.45) is 4.99 Å². The van der Waals surface area contributed by atoms with E-state index in [9.17, 15) is 13.2 Å². The van der Waals surface area contributed by atoms with E-state index in [1.165, 1.54) is 39.9 Å². The van der Waals surface area contributed by atoms with Crippen LogP contribution in [0, 0.1) is 0 Å². The lowest BCUT2D eigenvalue weighted by Crippen LogP contribution is -2.40. The van der Waals surface area contributed by atoms with Gasteiger partial charge in [0.1, 0.15) is 5.75 Å². The fourth-order valence-electron chi connectivity index (χ4n) is 3.77. The predicted molar refractivity (Wildman–Crippen MR) is 133 cm³/mol. The smallest absolute Gasteiger partial charge is 0.279 e. The van der Waals surface area contributed by atoms with Gasteiger partial charge < -0.3 is 18.8 Å². The Hall–Kier alpha value is -2.57. The number of nitrogens with zero attached hydrogens (tertiary/aromatic N) is 3. The molecule has 0 unspecified atom stereocenters. The molecule has 4 rings (SSSR count). The highest BCUT2D eigenvalue weighted by molar-refractivity contribution is 7.89. The summed E-state index contributed by atoms with van der Waals surface area (Å²) in [6.07, 6.45) is 0. The van der Waals surface area contributed by atoms with Crippen LogP contribution in [0.5, 0.6) is 5.75 Å². The lowest BCUT2D eigenvalue weighted by molar-refractivity contribution is 0.0730. The van der Waals surface area contributed by atoms with Crippen LogP contribution in [-0.2, 0) is 26.0 Å². The maximum Gasteiger partial charge on any atom is 0.279 e. The quantitative estimate of drug-likeness (QED) is 0.403. The van der Waals surface area contributed by atoms with Gasteiger partial charge in [-0.1, -0.05) is 11.3 Å². The van der Waals surface area contributed by atoms with Crippen molar-refractivity contribution in [2.45, 2.75) is 25.3 Å². The molecule has 1 amide bonds. The topological polar surface area (TPSA) is 99.4 Å². The first kappa shape index (κ1) is 25.5. The minimum Gasteiger partial charge on any atom is -0.494 e. The van der Waals surface area contributed by atoms with Crippen LogP contribution in [0.2, 0.25) is 0 Å². The Balaban J connectivity index is 1.63. The Morgan fingerprint density at radius 1 is 1.09 bits per heavy atom. The summed E-state index contributed by atoms with van der Waals surface area (Å²) in [5.41, 5.74) is 1.26. The van der Waals surface area contributed by atoms with Gasteiger partial charge in [0.25, 0.3) is 5.91 Å². The summed E-state index contributed by atoms with van der Waals surface area (Å²) in [6, 6.07) is 11.7. The van der Waals surface area contributed by atoms with Crippen LogP contribution < -0.4 is 9.54 Å². The molecular formula is C24H29N3O6S2. The molecule has 2 heterocycles. The molecule has 0 spiro atoms. The summed E-state index contributed by atoms with van der Waals surface area (Å²) in [5, 5.41) is 0. The van der Waals surface area contributed by atoms with E-state index in [2.05, 4.69) is 4.99 Å². The molecule has 188 valence electrons. The molecular weight excluding hydrogens is 490 g/mol. The summed E-state index contributed by atoms with van der Waals surface area (Å²) < 4.78 is 46.4. The zero-order valence-electron chi connectivity index (χ0n) is 19.8. The summed E-state index contributed by atoms with van der Waals surface area (Å²) in [6.45, 7) is 7.44. The average Bonchev–Trinajstić information content (AvgIpc) is 3.21. The number of rotatable bonds is 9. The third kappa shape index (κ3) is 5.81. The Morgan fingerprint density at radius 2 is 1.83 bits per heavy atom. The second kappa shape index (κ2) is 11.4. The molecule has 9 nitrogen and oxygen atoms in total. The van der Waals surface area contributed by atoms with Gasteiger partial charge in [0.05, 0.1) is 41.5 Å². The van der Waals surface area contributed by atoms with E-state index < -0.39 is 15.9 Å². The third-order valence-electron chi connectivity index (χ3n) is 5.53. The normalized spacial score (nSPS) is 15.5. The number of aromatic nitrogens is 1. The highest BCUT2D eigenvalue weighted by Crippen LogP contribution is 2.24. The number of fused-ring (bicyclic) bond motifs is 1. The monoisotopic (exact) mass is 519 g/mol. The molecule has 1 aliphatic rings. The minimum absolute atomic E-state index is 0.146. The number of thiazole rings is 1. The molecule has 0 bridgehead atoms. The lowest BCUT2D eigenvalue weighted by atomic mass is 10.2. The van der Waals surface area contributed by atoms with Crippen LogP contribution in [-0.4, -0.2) is 69.3 Å². The summed E-state index contributed by atoms with van der Waals surface area (Å²) in [7, 11) is -3.63.